The van der Waals surface area contributed by atoms with Gasteiger partial charge in [0, 0.05) is 22.0 Å². The zero-order valence-electron chi connectivity index (χ0n) is 20.0. The molecular weight excluding hydrogens is 560 g/mol. The van der Waals surface area contributed by atoms with Crippen LogP contribution in [0.2, 0.25) is 0 Å². The van der Waals surface area contributed by atoms with Gasteiger partial charge in [-0.2, -0.15) is 26.3 Å². The molecule has 5 atom stereocenters. The first-order valence-electron chi connectivity index (χ1n) is 12.3. The van der Waals surface area contributed by atoms with Gasteiger partial charge in [-0.05, 0) is 78.6 Å². The molecule has 0 N–H and O–H groups in total. The summed E-state index contributed by atoms with van der Waals surface area (Å²) in [5, 5.41) is 0. The molecule has 1 aliphatic carbocycles. The Bertz CT molecular complexity index is 1200. The number of rotatable bonds is 2. The molecule has 1 saturated heterocycles. The van der Waals surface area contributed by atoms with E-state index in [1.54, 1.807) is 6.92 Å². The first-order chi connectivity index (χ1) is 17.4. The maximum absolute atomic E-state index is 13.4. The number of fused-ring (bicyclic) bond motifs is 5. The van der Waals surface area contributed by atoms with E-state index in [9.17, 15) is 26.3 Å². The average Bonchev–Trinajstić information content (AvgIpc) is 3.06. The van der Waals surface area contributed by atoms with Crippen LogP contribution in [0.1, 0.15) is 65.8 Å². The zero-order chi connectivity index (χ0) is 26.5. The average molecular weight is 586 g/mol. The lowest BCUT2D eigenvalue weighted by atomic mass is 9.88. The highest BCUT2D eigenvalue weighted by Crippen LogP contribution is 2.43. The highest BCUT2D eigenvalue weighted by atomic mass is 79.9. The standard InChI is InChI=1S/C28H26BrF6NO/c1-15(18-9-19(27(30,31)32)12-20(10-18)28(33,34)35)25-7-3-16-2-6-23-24-13-21(29)5-4-17(24)11-26(23)37-14-22(8-16)36-25/h3-5,7,9-10,12-13,15-16,23,25-26H,2,6,8,11,14H2,1H3. The van der Waals surface area contributed by atoms with Crippen LogP contribution in [0.4, 0.5) is 26.3 Å². The maximum Gasteiger partial charge on any atom is 0.416 e. The Kier molecular flexibility index (Phi) is 7.07. The van der Waals surface area contributed by atoms with Crippen molar-refractivity contribution in [3.63, 3.8) is 0 Å². The molecule has 2 aliphatic heterocycles. The van der Waals surface area contributed by atoms with Crippen molar-refractivity contribution in [2.24, 2.45) is 10.9 Å². The monoisotopic (exact) mass is 585 g/mol. The van der Waals surface area contributed by atoms with Crippen LogP contribution in [-0.2, 0) is 23.5 Å². The third-order valence-corrected chi connectivity index (χ3v) is 8.24. The first-order valence-corrected chi connectivity index (χ1v) is 13.1. The van der Waals surface area contributed by atoms with Gasteiger partial charge in [-0.25, -0.2) is 0 Å². The summed E-state index contributed by atoms with van der Waals surface area (Å²) in [6.45, 7) is 1.93. The summed E-state index contributed by atoms with van der Waals surface area (Å²) in [4.78, 5) is 4.81. The number of ether oxygens (including phenoxy) is 1. The Balaban J connectivity index is 1.42. The lowest BCUT2D eigenvalue weighted by molar-refractivity contribution is -0.143. The molecular formula is C28H26BrF6NO. The van der Waals surface area contributed by atoms with Gasteiger partial charge in [0.25, 0.3) is 0 Å². The number of halogens is 7. The second kappa shape index (κ2) is 9.88. The van der Waals surface area contributed by atoms with Crippen molar-refractivity contribution < 1.29 is 31.1 Å². The number of nitrogens with zero attached hydrogens (tertiary/aromatic N) is 1. The van der Waals surface area contributed by atoms with Crippen LogP contribution in [0.3, 0.4) is 0 Å². The van der Waals surface area contributed by atoms with Gasteiger partial charge in [0.2, 0.25) is 0 Å². The molecule has 9 heteroatoms. The molecule has 0 saturated carbocycles. The Morgan fingerprint density at radius 1 is 0.919 bits per heavy atom. The Labute approximate surface area is 219 Å². The minimum Gasteiger partial charge on any atom is -0.371 e. The van der Waals surface area contributed by atoms with Crippen molar-refractivity contribution >= 4 is 21.6 Å². The number of hydrogen-bond acceptors (Lipinski definition) is 2. The van der Waals surface area contributed by atoms with Crippen molar-refractivity contribution in [1.82, 2.24) is 0 Å². The lowest BCUT2D eigenvalue weighted by Gasteiger charge is -2.23. The number of hydrogen-bond donors (Lipinski definition) is 0. The summed E-state index contributed by atoms with van der Waals surface area (Å²) in [6.07, 6.45) is -2.57. The zero-order valence-corrected chi connectivity index (χ0v) is 21.6. The van der Waals surface area contributed by atoms with E-state index in [2.05, 4.69) is 28.1 Å². The van der Waals surface area contributed by atoms with Crippen molar-refractivity contribution in [3.8, 4) is 0 Å². The summed E-state index contributed by atoms with van der Waals surface area (Å²) in [7, 11) is 0. The predicted octanol–water partition coefficient (Wildman–Crippen LogP) is 8.49. The van der Waals surface area contributed by atoms with Gasteiger partial charge in [-0.1, -0.05) is 41.1 Å². The fraction of sp³-hybridized carbons (Fsp3) is 0.464. The molecule has 2 aromatic rings. The molecule has 37 heavy (non-hydrogen) atoms. The SMILES string of the molecule is CC(c1cc(C(F)(F)F)cc(C(F)(F)F)c1)C1C=CC2CCC3c4cc(Br)ccc4CC3OCC(=N1)C2. The third kappa shape index (κ3) is 5.67. The first kappa shape index (κ1) is 26.5. The minimum atomic E-state index is -4.88. The molecule has 2 bridgehead atoms. The van der Waals surface area contributed by atoms with Crippen LogP contribution in [0.15, 0.2) is 58.0 Å². The quantitative estimate of drug-likeness (QED) is 0.256. The number of aliphatic imine (C=N–C) groups is 1. The molecule has 0 aromatic heterocycles. The van der Waals surface area contributed by atoms with Gasteiger partial charge in [-0.3, -0.25) is 4.99 Å². The predicted molar refractivity (Wildman–Crippen MR) is 133 cm³/mol. The van der Waals surface area contributed by atoms with E-state index in [-0.39, 0.29) is 29.6 Å². The van der Waals surface area contributed by atoms with Crippen LogP contribution in [0, 0.1) is 5.92 Å². The molecule has 2 nitrogen and oxygen atoms in total. The fourth-order valence-electron chi connectivity index (χ4n) is 5.73. The maximum atomic E-state index is 13.4. The van der Waals surface area contributed by atoms with Crippen molar-refractivity contribution in [3.05, 3.63) is 80.8 Å². The molecule has 5 unspecified atom stereocenters. The van der Waals surface area contributed by atoms with Crippen LogP contribution >= 0.6 is 15.9 Å². The molecule has 0 spiro atoms. The van der Waals surface area contributed by atoms with E-state index in [0.29, 0.717) is 13.0 Å². The van der Waals surface area contributed by atoms with Gasteiger partial charge in [0.1, 0.15) is 0 Å². The molecule has 2 heterocycles. The molecule has 0 radical (unpaired) electrons. The van der Waals surface area contributed by atoms with Gasteiger partial charge in [0.05, 0.1) is 29.9 Å². The molecule has 198 valence electrons. The summed E-state index contributed by atoms with van der Waals surface area (Å²) in [5.74, 6) is -0.221. The summed E-state index contributed by atoms with van der Waals surface area (Å²) >= 11 is 3.56. The van der Waals surface area contributed by atoms with E-state index in [1.807, 2.05) is 18.2 Å². The van der Waals surface area contributed by atoms with Gasteiger partial charge >= 0.3 is 12.4 Å². The van der Waals surface area contributed by atoms with Gasteiger partial charge in [0.15, 0.2) is 0 Å². The van der Waals surface area contributed by atoms with Crippen LogP contribution in [0.5, 0.6) is 0 Å². The Morgan fingerprint density at radius 2 is 1.62 bits per heavy atom. The van der Waals surface area contributed by atoms with Gasteiger partial charge < -0.3 is 4.74 Å². The third-order valence-electron chi connectivity index (χ3n) is 7.75. The Hall–Kier alpha value is -2.13. The second-order valence-corrected chi connectivity index (χ2v) is 11.2. The smallest absolute Gasteiger partial charge is 0.371 e. The van der Waals surface area contributed by atoms with E-state index >= 15 is 0 Å². The minimum absolute atomic E-state index is 0.0188. The van der Waals surface area contributed by atoms with Gasteiger partial charge in [-0.15, -0.1) is 0 Å². The van der Waals surface area contributed by atoms with Crippen LogP contribution in [0.25, 0.3) is 0 Å². The summed E-state index contributed by atoms with van der Waals surface area (Å²) in [5.41, 5.74) is 0.725. The molecule has 2 aromatic carbocycles. The molecule has 0 amide bonds. The fourth-order valence-corrected chi connectivity index (χ4v) is 6.11. The molecule has 1 fully saturated rings. The second-order valence-electron chi connectivity index (χ2n) is 10.2. The van der Waals surface area contributed by atoms with Crippen LogP contribution in [-0.4, -0.2) is 24.5 Å². The highest BCUT2D eigenvalue weighted by molar-refractivity contribution is 9.10. The Morgan fingerprint density at radius 3 is 2.30 bits per heavy atom. The van der Waals surface area contributed by atoms with E-state index in [0.717, 1.165) is 41.6 Å². The lowest BCUT2D eigenvalue weighted by Crippen LogP contribution is -2.23. The number of allylic oxidation sites excluding steroid dienone is 1. The van der Waals surface area contributed by atoms with E-state index in [4.69, 9.17) is 9.73 Å². The largest absolute Gasteiger partial charge is 0.416 e. The highest BCUT2D eigenvalue weighted by Gasteiger charge is 2.38. The molecule has 5 rings (SSSR count). The number of benzene rings is 2. The molecule has 3 aliphatic rings. The summed E-state index contributed by atoms with van der Waals surface area (Å²) in [6, 6.07) is 7.51. The van der Waals surface area contributed by atoms with E-state index < -0.39 is 35.4 Å². The van der Waals surface area contributed by atoms with E-state index in [1.165, 1.54) is 11.1 Å². The topological polar surface area (TPSA) is 21.6 Å². The van der Waals surface area contributed by atoms with Crippen molar-refractivity contribution in [2.75, 3.05) is 6.61 Å². The summed E-state index contributed by atoms with van der Waals surface area (Å²) < 4.78 is 87.8. The van der Waals surface area contributed by atoms with Crippen molar-refractivity contribution in [1.29, 1.82) is 0 Å². The number of alkyl halides is 6. The van der Waals surface area contributed by atoms with Crippen molar-refractivity contribution in [2.45, 2.75) is 68.9 Å². The van der Waals surface area contributed by atoms with Crippen LogP contribution < -0.4 is 0 Å². The normalized spacial score (nSPS) is 26.8.